The Morgan fingerprint density at radius 2 is 2.17 bits per heavy atom. The summed E-state index contributed by atoms with van der Waals surface area (Å²) in [6, 6.07) is -0.0580. The van der Waals surface area contributed by atoms with Gasteiger partial charge in [0.2, 0.25) is 0 Å². The summed E-state index contributed by atoms with van der Waals surface area (Å²) < 4.78 is 11.6. The van der Waals surface area contributed by atoms with Gasteiger partial charge in [-0.05, 0) is 6.92 Å². The van der Waals surface area contributed by atoms with Crippen molar-refractivity contribution in [3.8, 4) is 0 Å². The van der Waals surface area contributed by atoms with Crippen LogP contribution < -0.4 is 5.32 Å². The summed E-state index contributed by atoms with van der Waals surface area (Å²) in [5.41, 5.74) is -0.249. The third-order valence-corrected chi connectivity index (χ3v) is 5.69. The number of morpholine rings is 1. The Balaban J connectivity index is 1.57. The van der Waals surface area contributed by atoms with Gasteiger partial charge in [-0.3, -0.25) is 0 Å². The highest BCUT2D eigenvalue weighted by Gasteiger charge is 2.42. The van der Waals surface area contributed by atoms with Crippen LogP contribution >= 0.6 is 11.3 Å². The molecule has 2 amide bonds. The number of carbonyl (C=O) groups is 1. The number of hydrogen-bond acceptors (Lipinski definition) is 6. The highest BCUT2D eigenvalue weighted by atomic mass is 32.1. The minimum absolute atomic E-state index is 0.0386. The van der Waals surface area contributed by atoms with Crippen LogP contribution in [0.15, 0.2) is 0 Å². The molecular formula is C16H26N4O3S. The van der Waals surface area contributed by atoms with E-state index in [-0.39, 0.29) is 17.7 Å². The number of urea groups is 1. The largest absolute Gasteiger partial charge is 0.381 e. The lowest BCUT2D eigenvalue weighted by molar-refractivity contribution is -0.175. The number of carbonyl (C=O) groups excluding carboxylic acids is 1. The molecule has 1 N–H and O–H groups in total. The van der Waals surface area contributed by atoms with Crippen LogP contribution in [-0.4, -0.2) is 59.1 Å². The third kappa shape index (κ3) is 4.04. The molecule has 1 unspecified atom stereocenters. The summed E-state index contributed by atoms with van der Waals surface area (Å²) in [5.74, 6) is 0.362. The number of nitrogens with zero attached hydrogens (tertiary/aromatic N) is 3. The molecule has 3 heterocycles. The average Bonchev–Trinajstić information content (AvgIpc) is 3.02. The second kappa shape index (κ2) is 7.33. The van der Waals surface area contributed by atoms with Gasteiger partial charge in [0.25, 0.3) is 0 Å². The zero-order valence-electron chi connectivity index (χ0n) is 14.6. The predicted molar refractivity (Wildman–Crippen MR) is 91.1 cm³/mol. The van der Waals surface area contributed by atoms with E-state index in [9.17, 15) is 4.79 Å². The SMILES string of the molecule is CC1CN(C(=O)NCc2nnc(C(C)C)s2)CC2(CCOCC2)O1. The lowest BCUT2D eigenvalue weighted by atomic mass is 9.91. The molecule has 2 aliphatic heterocycles. The van der Waals surface area contributed by atoms with Crippen molar-refractivity contribution in [2.75, 3.05) is 26.3 Å². The van der Waals surface area contributed by atoms with E-state index in [0.29, 0.717) is 38.8 Å². The van der Waals surface area contributed by atoms with E-state index in [4.69, 9.17) is 9.47 Å². The maximum Gasteiger partial charge on any atom is 0.317 e. The van der Waals surface area contributed by atoms with Crippen molar-refractivity contribution in [1.82, 2.24) is 20.4 Å². The Morgan fingerprint density at radius 3 is 2.83 bits per heavy atom. The Kier molecular flexibility index (Phi) is 5.36. The topological polar surface area (TPSA) is 76.6 Å². The van der Waals surface area contributed by atoms with Crippen LogP contribution in [-0.2, 0) is 16.0 Å². The fourth-order valence-electron chi connectivity index (χ4n) is 3.23. The van der Waals surface area contributed by atoms with Gasteiger partial charge in [0.15, 0.2) is 0 Å². The molecule has 0 bridgehead atoms. The quantitative estimate of drug-likeness (QED) is 0.900. The molecule has 0 aliphatic carbocycles. The normalized spacial score (nSPS) is 23.7. The van der Waals surface area contributed by atoms with Gasteiger partial charge in [-0.25, -0.2) is 4.79 Å². The number of rotatable bonds is 3. The first-order chi connectivity index (χ1) is 11.5. The smallest absolute Gasteiger partial charge is 0.317 e. The number of amides is 2. The van der Waals surface area contributed by atoms with Crippen molar-refractivity contribution >= 4 is 17.4 Å². The van der Waals surface area contributed by atoms with Gasteiger partial charge in [0.05, 0.1) is 24.8 Å². The lowest BCUT2D eigenvalue weighted by Gasteiger charge is -2.47. The molecule has 24 heavy (non-hydrogen) atoms. The van der Waals surface area contributed by atoms with Crippen molar-refractivity contribution in [3.05, 3.63) is 10.0 Å². The van der Waals surface area contributed by atoms with Gasteiger partial charge in [-0.2, -0.15) is 0 Å². The first-order valence-corrected chi connectivity index (χ1v) is 9.40. The molecule has 1 aromatic rings. The molecule has 2 fully saturated rings. The van der Waals surface area contributed by atoms with Gasteiger partial charge >= 0.3 is 6.03 Å². The monoisotopic (exact) mass is 354 g/mol. The Hall–Kier alpha value is -1.25. The third-order valence-electron chi connectivity index (χ3n) is 4.47. The van der Waals surface area contributed by atoms with E-state index in [2.05, 4.69) is 29.4 Å². The Morgan fingerprint density at radius 1 is 1.42 bits per heavy atom. The molecule has 0 radical (unpaired) electrons. The first kappa shape index (κ1) is 17.6. The van der Waals surface area contributed by atoms with Crippen LogP contribution in [0.1, 0.15) is 49.5 Å². The number of aromatic nitrogens is 2. The van der Waals surface area contributed by atoms with E-state index in [1.165, 1.54) is 0 Å². The molecule has 1 aromatic heterocycles. The van der Waals surface area contributed by atoms with Crippen molar-refractivity contribution in [3.63, 3.8) is 0 Å². The van der Waals surface area contributed by atoms with Gasteiger partial charge in [-0.1, -0.05) is 25.2 Å². The molecule has 134 valence electrons. The van der Waals surface area contributed by atoms with Crippen LogP contribution in [0.25, 0.3) is 0 Å². The van der Waals surface area contributed by atoms with Crippen LogP contribution in [0, 0.1) is 0 Å². The molecule has 0 saturated carbocycles. The molecule has 1 atom stereocenters. The van der Waals surface area contributed by atoms with Crippen LogP contribution in [0.2, 0.25) is 0 Å². The molecular weight excluding hydrogens is 328 g/mol. The maximum atomic E-state index is 12.6. The van der Waals surface area contributed by atoms with Gasteiger partial charge in [0.1, 0.15) is 10.0 Å². The second-order valence-electron chi connectivity index (χ2n) is 6.95. The molecule has 2 aliphatic rings. The number of hydrogen-bond donors (Lipinski definition) is 1. The van der Waals surface area contributed by atoms with Crippen molar-refractivity contribution in [2.45, 2.75) is 57.8 Å². The summed E-state index contributed by atoms with van der Waals surface area (Å²) in [7, 11) is 0. The fraction of sp³-hybridized carbons (Fsp3) is 0.812. The number of ether oxygens (including phenoxy) is 2. The van der Waals surface area contributed by atoms with Crippen molar-refractivity contribution < 1.29 is 14.3 Å². The van der Waals surface area contributed by atoms with Gasteiger partial charge in [-0.15, -0.1) is 10.2 Å². The summed E-state index contributed by atoms with van der Waals surface area (Å²) >= 11 is 1.56. The molecule has 3 rings (SSSR count). The van der Waals surface area contributed by atoms with E-state index >= 15 is 0 Å². The zero-order chi connectivity index (χ0) is 17.2. The molecule has 1 spiro atoms. The summed E-state index contributed by atoms with van der Waals surface area (Å²) in [5, 5.41) is 13.1. The van der Waals surface area contributed by atoms with Crippen molar-refractivity contribution in [1.29, 1.82) is 0 Å². The lowest BCUT2D eigenvalue weighted by Crippen LogP contribution is -2.60. The van der Waals surface area contributed by atoms with E-state index in [1.54, 1.807) is 11.3 Å². The minimum atomic E-state index is -0.249. The molecule has 7 nitrogen and oxygen atoms in total. The maximum absolute atomic E-state index is 12.6. The molecule has 8 heteroatoms. The van der Waals surface area contributed by atoms with E-state index < -0.39 is 0 Å². The van der Waals surface area contributed by atoms with Crippen LogP contribution in [0.5, 0.6) is 0 Å². The van der Waals surface area contributed by atoms with Gasteiger partial charge < -0.3 is 19.7 Å². The zero-order valence-corrected chi connectivity index (χ0v) is 15.4. The molecule has 2 saturated heterocycles. The van der Waals surface area contributed by atoms with Crippen LogP contribution in [0.4, 0.5) is 4.79 Å². The minimum Gasteiger partial charge on any atom is -0.381 e. The highest BCUT2D eigenvalue weighted by molar-refractivity contribution is 7.11. The highest BCUT2D eigenvalue weighted by Crippen LogP contribution is 2.31. The molecule has 0 aromatic carbocycles. The fourth-order valence-corrected chi connectivity index (χ4v) is 4.02. The van der Waals surface area contributed by atoms with Crippen LogP contribution in [0.3, 0.4) is 0 Å². The number of nitrogens with one attached hydrogen (secondary N) is 1. The second-order valence-corrected chi connectivity index (χ2v) is 8.05. The summed E-state index contributed by atoms with van der Waals surface area (Å²) in [6.07, 6.45) is 1.72. The Bertz CT molecular complexity index is 571. The van der Waals surface area contributed by atoms with E-state index in [1.807, 2.05) is 11.8 Å². The summed E-state index contributed by atoms with van der Waals surface area (Å²) in [6.45, 7) is 9.26. The van der Waals surface area contributed by atoms with Crippen molar-refractivity contribution in [2.24, 2.45) is 0 Å². The Labute approximate surface area is 146 Å². The average molecular weight is 354 g/mol. The predicted octanol–water partition coefficient (Wildman–Crippen LogP) is 2.14. The van der Waals surface area contributed by atoms with E-state index in [0.717, 1.165) is 22.9 Å². The standard InChI is InChI=1S/C16H26N4O3S/c1-11(2)14-19-18-13(24-14)8-17-15(21)20-9-12(3)23-16(10-20)4-6-22-7-5-16/h11-12H,4-10H2,1-3H3,(H,17,21). The summed E-state index contributed by atoms with van der Waals surface area (Å²) in [4.78, 5) is 14.4. The van der Waals surface area contributed by atoms with Gasteiger partial charge in [0, 0.05) is 38.5 Å². The first-order valence-electron chi connectivity index (χ1n) is 8.58.